The third-order valence-corrected chi connectivity index (χ3v) is 3.42. The second kappa shape index (κ2) is 4.35. The molecule has 0 spiro atoms. The zero-order valence-corrected chi connectivity index (χ0v) is 9.43. The molecule has 0 N–H and O–H groups in total. The molecule has 1 saturated carbocycles. The molecular formula is C11H17ClN2. The molecule has 1 aliphatic rings. The fourth-order valence-electron chi connectivity index (χ4n) is 2.39. The minimum absolute atomic E-state index is 0.593. The highest BCUT2D eigenvalue weighted by Crippen LogP contribution is 2.31. The van der Waals surface area contributed by atoms with E-state index >= 15 is 0 Å². The normalized spacial score (nSPS) is 17.9. The van der Waals surface area contributed by atoms with Crippen molar-refractivity contribution in [3.63, 3.8) is 0 Å². The highest BCUT2D eigenvalue weighted by Gasteiger charge is 2.20. The van der Waals surface area contributed by atoms with Gasteiger partial charge in [0.2, 0.25) is 0 Å². The van der Waals surface area contributed by atoms with Crippen molar-refractivity contribution in [3.05, 3.63) is 17.5 Å². The van der Waals surface area contributed by atoms with Gasteiger partial charge < -0.3 is 0 Å². The van der Waals surface area contributed by atoms with E-state index in [0.717, 1.165) is 6.42 Å². The number of aromatic nitrogens is 2. The van der Waals surface area contributed by atoms with Gasteiger partial charge in [0.25, 0.3) is 0 Å². The molecule has 0 aromatic carbocycles. The zero-order valence-electron chi connectivity index (χ0n) is 8.67. The summed E-state index contributed by atoms with van der Waals surface area (Å²) in [6, 6.07) is 0.641. The van der Waals surface area contributed by atoms with Gasteiger partial charge in [0.05, 0.1) is 18.1 Å². The molecule has 2 nitrogen and oxygen atoms in total. The summed E-state index contributed by atoms with van der Waals surface area (Å²) in [5.41, 5.74) is 2.55. The van der Waals surface area contributed by atoms with Gasteiger partial charge in [0.1, 0.15) is 0 Å². The lowest BCUT2D eigenvalue weighted by atomic mass is 10.2. The summed E-state index contributed by atoms with van der Waals surface area (Å²) in [7, 11) is 0. The van der Waals surface area contributed by atoms with Crippen LogP contribution in [0.15, 0.2) is 6.20 Å². The van der Waals surface area contributed by atoms with Gasteiger partial charge >= 0.3 is 0 Å². The second-order valence-electron chi connectivity index (χ2n) is 3.99. The Hall–Kier alpha value is -0.500. The predicted molar refractivity (Wildman–Crippen MR) is 58.7 cm³/mol. The lowest BCUT2D eigenvalue weighted by Gasteiger charge is -2.13. The van der Waals surface area contributed by atoms with Gasteiger partial charge in [-0.3, -0.25) is 4.68 Å². The Morgan fingerprint density at radius 3 is 2.79 bits per heavy atom. The average Bonchev–Trinajstić information content (AvgIpc) is 2.85. The van der Waals surface area contributed by atoms with Crippen molar-refractivity contribution in [2.45, 2.75) is 50.9 Å². The van der Waals surface area contributed by atoms with Gasteiger partial charge in [0.15, 0.2) is 0 Å². The van der Waals surface area contributed by atoms with E-state index in [-0.39, 0.29) is 0 Å². The fraction of sp³-hybridized carbons (Fsp3) is 0.727. The van der Waals surface area contributed by atoms with E-state index in [1.807, 2.05) is 6.20 Å². The van der Waals surface area contributed by atoms with Crippen LogP contribution in [0.1, 0.15) is 49.9 Å². The topological polar surface area (TPSA) is 17.8 Å². The molecule has 3 heteroatoms. The molecule has 1 aromatic rings. The highest BCUT2D eigenvalue weighted by atomic mass is 35.5. The maximum atomic E-state index is 5.88. The number of nitrogens with zero attached hydrogens (tertiary/aromatic N) is 2. The van der Waals surface area contributed by atoms with E-state index in [9.17, 15) is 0 Å². The van der Waals surface area contributed by atoms with Crippen LogP contribution in [0.4, 0.5) is 0 Å². The highest BCUT2D eigenvalue weighted by molar-refractivity contribution is 6.17. The summed E-state index contributed by atoms with van der Waals surface area (Å²) < 4.78 is 2.21. The van der Waals surface area contributed by atoms with E-state index in [2.05, 4.69) is 16.7 Å². The Balaban J connectivity index is 2.27. The van der Waals surface area contributed by atoms with Crippen LogP contribution in [0, 0.1) is 0 Å². The molecule has 0 bridgehead atoms. The van der Waals surface area contributed by atoms with Crippen LogP contribution in [0.25, 0.3) is 0 Å². The minimum atomic E-state index is 0.593. The third kappa shape index (κ3) is 1.68. The van der Waals surface area contributed by atoms with Gasteiger partial charge in [-0.05, 0) is 19.3 Å². The molecule has 0 radical (unpaired) electrons. The van der Waals surface area contributed by atoms with Crippen molar-refractivity contribution in [3.8, 4) is 0 Å². The van der Waals surface area contributed by atoms with Crippen LogP contribution in [0.2, 0.25) is 0 Å². The summed E-state index contributed by atoms with van der Waals surface area (Å²) >= 11 is 5.88. The molecule has 0 atom stereocenters. The van der Waals surface area contributed by atoms with Crippen molar-refractivity contribution < 1.29 is 0 Å². The van der Waals surface area contributed by atoms with Crippen LogP contribution >= 0.6 is 11.6 Å². The van der Waals surface area contributed by atoms with Gasteiger partial charge in [-0.25, -0.2) is 0 Å². The molecule has 0 saturated heterocycles. The number of hydrogen-bond donors (Lipinski definition) is 0. The predicted octanol–water partition coefficient (Wildman–Crippen LogP) is 3.30. The first-order valence-corrected chi connectivity index (χ1v) is 6.01. The lowest BCUT2D eigenvalue weighted by molar-refractivity contribution is 0.451. The van der Waals surface area contributed by atoms with Crippen molar-refractivity contribution in [1.29, 1.82) is 0 Å². The number of hydrogen-bond acceptors (Lipinski definition) is 1. The molecule has 2 rings (SSSR count). The molecule has 1 aromatic heterocycles. The summed E-state index contributed by atoms with van der Waals surface area (Å²) in [5, 5.41) is 4.47. The van der Waals surface area contributed by atoms with Crippen LogP contribution in [-0.4, -0.2) is 9.78 Å². The fourth-order valence-corrected chi connectivity index (χ4v) is 2.61. The Morgan fingerprint density at radius 1 is 1.50 bits per heavy atom. The number of alkyl halides is 1. The molecule has 1 aliphatic carbocycles. The second-order valence-corrected chi connectivity index (χ2v) is 4.25. The minimum Gasteiger partial charge on any atom is -0.266 e. The SMILES string of the molecule is CCc1c(CCl)cnn1C1CCCC1. The summed E-state index contributed by atoms with van der Waals surface area (Å²) in [6.07, 6.45) is 8.25. The van der Waals surface area contributed by atoms with Crippen molar-refractivity contribution in [2.24, 2.45) is 0 Å². The lowest BCUT2D eigenvalue weighted by Crippen LogP contribution is -2.10. The molecule has 78 valence electrons. The molecule has 0 amide bonds. The van der Waals surface area contributed by atoms with Crippen LogP contribution < -0.4 is 0 Å². The first kappa shape index (κ1) is 10.0. The zero-order chi connectivity index (χ0) is 9.97. The van der Waals surface area contributed by atoms with Crippen molar-refractivity contribution in [2.75, 3.05) is 0 Å². The quantitative estimate of drug-likeness (QED) is 0.703. The summed E-state index contributed by atoms with van der Waals surface area (Å²) in [6.45, 7) is 2.18. The summed E-state index contributed by atoms with van der Waals surface area (Å²) in [5.74, 6) is 0.593. The smallest absolute Gasteiger partial charge is 0.0536 e. The third-order valence-electron chi connectivity index (χ3n) is 3.13. The van der Waals surface area contributed by atoms with Gasteiger partial charge in [-0.15, -0.1) is 11.6 Å². The standard InChI is InChI=1S/C11H17ClN2/c1-2-11-9(7-12)8-13-14(11)10-5-3-4-6-10/h8,10H,2-7H2,1H3. The Kier molecular flexibility index (Phi) is 3.12. The summed E-state index contributed by atoms with van der Waals surface area (Å²) in [4.78, 5) is 0. The van der Waals surface area contributed by atoms with Gasteiger partial charge in [-0.2, -0.15) is 5.10 Å². The number of rotatable bonds is 3. The number of halogens is 1. The van der Waals surface area contributed by atoms with Crippen molar-refractivity contribution in [1.82, 2.24) is 9.78 Å². The van der Waals surface area contributed by atoms with Crippen LogP contribution in [-0.2, 0) is 12.3 Å². The monoisotopic (exact) mass is 212 g/mol. The Morgan fingerprint density at radius 2 is 2.21 bits per heavy atom. The molecular weight excluding hydrogens is 196 g/mol. The Labute approximate surface area is 90.3 Å². The first-order valence-electron chi connectivity index (χ1n) is 5.48. The molecule has 1 heterocycles. The molecule has 14 heavy (non-hydrogen) atoms. The van der Waals surface area contributed by atoms with Gasteiger partial charge in [0, 0.05) is 11.3 Å². The van der Waals surface area contributed by atoms with Crippen molar-refractivity contribution >= 4 is 11.6 Å². The molecule has 0 unspecified atom stereocenters. The van der Waals surface area contributed by atoms with E-state index in [4.69, 9.17) is 11.6 Å². The van der Waals surface area contributed by atoms with E-state index < -0.39 is 0 Å². The average molecular weight is 213 g/mol. The van der Waals surface area contributed by atoms with E-state index in [0.29, 0.717) is 11.9 Å². The van der Waals surface area contributed by atoms with Crippen LogP contribution in [0.3, 0.4) is 0 Å². The Bertz CT molecular complexity index is 300. The molecule has 0 aliphatic heterocycles. The van der Waals surface area contributed by atoms with E-state index in [1.165, 1.54) is 36.9 Å². The van der Waals surface area contributed by atoms with Crippen LogP contribution in [0.5, 0.6) is 0 Å². The maximum absolute atomic E-state index is 5.88. The van der Waals surface area contributed by atoms with E-state index in [1.54, 1.807) is 0 Å². The molecule has 1 fully saturated rings. The first-order chi connectivity index (χ1) is 6.86. The maximum Gasteiger partial charge on any atom is 0.0536 e. The van der Waals surface area contributed by atoms with Gasteiger partial charge in [-0.1, -0.05) is 19.8 Å². The largest absolute Gasteiger partial charge is 0.266 e.